The van der Waals surface area contributed by atoms with Crippen molar-refractivity contribution in [3.8, 4) is 0 Å². The highest BCUT2D eigenvalue weighted by atomic mass is 19.1. The van der Waals surface area contributed by atoms with Crippen molar-refractivity contribution in [3.05, 3.63) is 47.4 Å². The lowest BCUT2D eigenvalue weighted by molar-refractivity contribution is -0.101. The van der Waals surface area contributed by atoms with Crippen molar-refractivity contribution in [1.29, 1.82) is 0 Å². The number of carbonyl (C=O) groups is 1. The zero-order chi connectivity index (χ0) is 26.4. The number of likely N-dealkylation sites (tertiary alicyclic amines) is 1. The third-order valence-corrected chi connectivity index (χ3v) is 6.92. The zero-order valence-corrected chi connectivity index (χ0v) is 21.1. The molecular formula is C26H35FN2O6. The highest BCUT2D eigenvalue weighted by Crippen LogP contribution is 2.50. The normalized spacial score (nSPS) is 22.4. The number of hydrogen-bond donors (Lipinski definition) is 2. The second kappa shape index (κ2) is 11.5. The molecule has 2 N–H and O–H groups in total. The van der Waals surface area contributed by atoms with Crippen LogP contribution < -0.4 is 5.32 Å². The molecule has 1 amide bonds. The molecule has 0 unspecified atom stereocenters. The SMILES string of the molecule is COC(=C=O)[C@H](Cc1ccccc1)NC(=C=O)[C@@H](C)[C@@H](OC)[C@@]1(C(C)(C)C)C[C@H](F)CN1C(=O)O. The summed E-state index contributed by atoms with van der Waals surface area (Å²) in [6.45, 7) is 6.89. The Morgan fingerprint density at radius 2 is 1.89 bits per heavy atom. The lowest BCUT2D eigenvalue weighted by atomic mass is 9.65. The van der Waals surface area contributed by atoms with Crippen LogP contribution in [0.25, 0.3) is 0 Å². The van der Waals surface area contributed by atoms with Gasteiger partial charge in [-0.1, -0.05) is 58.0 Å². The Hall–Kier alpha value is -3.12. The Labute approximate surface area is 205 Å². The predicted octanol–water partition coefficient (Wildman–Crippen LogP) is 3.42. The molecule has 1 aliphatic rings. The van der Waals surface area contributed by atoms with E-state index in [0.29, 0.717) is 6.42 Å². The largest absolute Gasteiger partial charge is 0.488 e. The van der Waals surface area contributed by atoms with Crippen LogP contribution in [0.4, 0.5) is 9.18 Å². The van der Waals surface area contributed by atoms with Crippen LogP contribution in [-0.4, -0.2) is 72.6 Å². The van der Waals surface area contributed by atoms with E-state index in [-0.39, 0.29) is 24.4 Å². The number of ether oxygens (including phenoxy) is 2. The number of nitrogens with one attached hydrogen (secondary N) is 1. The van der Waals surface area contributed by atoms with Crippen molar-refractivity contribution < 1.29 is 33.4 Å². The molecule has 0 bridgehead atoms. The molecule has 1 aliphatic heterocycles. The van der Waals surface area contributed by atoms with E-state index >= 15 is 0 Å². The minimum absolute atomic E-state index is 0.0369. The summed E-state index contributed by atoms with van der Waals surface area (Å²) in [5, 5.41) is 13.0. The van der Waals surface area contributed by atoms with E-state index in [4.69, 9.17) is 9.47 Å². The van der Waals surface area contributed by atoms with Gasteiger partial charge < -0.3 is 19.9 Å². The molecule has 1 fully saturated rings. The Bertz CT molecular complexity index is 981. The summed E-state index contributed by atoms with van der Waals surface area (Å²) in [5.41, 5.74) is -1.07. The van der Waals surface area contributed by atoms with Crippen molar-refractivity contribution in [2.45, 2.75) is 64.4 Å². The van der Waals surface area contributed by atoms with E-state index < -0.39 is 41.3 Å². The maximum atomic E-state index is 14.7. The number of alkyl halides is 1. The van der Waals surface area contributed by atoms with Crippen molar-refractivity contribution in [2.24, 2.45) is 11.3 Å². The van der Waals surface area contributed by atoms with E-state index in [2.05, 4.69) is 5.32 Å². The molecule has 9 heteroatoms. The molecule has 1 aromatic carbocycles. The highest BCUT2D eigenvalue weighted by Gasteiger charge is 2.61. The summed E-state index contributed by atoms with van der Waals surface area (Å²) in [6, 6.07) is 8.57. The third-order valence-electron chi connectivity index (χ3n) is 6.92. The summed E-state index contributed by atoms with van der Waals surface area (Å²) in [4.78, 5) is 37.0. The van der Waals surface area contributed by atoms with Crippen molar-refractivity contribution >= 4 is 18.0 Å². The molecule has 192 valence electrons. The number of rotatable bonds is 10. The minimum atomic E-state index is -1.38. The summed E-state index contributed by atoms with van der Waals surface area (Å²) < 4.78 is 25.8. The van der Waals surface area contributed by atoms with Gasteiger partial charge in [-0.05, 0) is 11.0 Å². The first-order valence-electron chi connectivity index (χ1n) is 11.5. The average Bonchev–Trinajstić information content (AvgIpc) is 3.17. The van der Waals surface area contributed by atoms with Gasteiger partial charge in [0.25, 0.3) is 0 Å². The minimum Gasteiger partial charge on any atom is -0.488 e. The number of hydrogen-bond acceptors (Lipinski definition) is 6. The van der Waals surface area contributed by atoms with Crippen LogP contribution in [0.15, 0.2) is 41.8 Å². The van der Waals surface area contributed by atoms with Crippen LogP contribution in [-0.2, 0) is 25.5 Å². The van der Waals surface area contributed by atoms with Gasteiger partial charge in [-0.25, -0.2) is 18.8 Å². The molecule has 2 rings (SSSR count). The number of halogens is 1. The first kappa shape index (κ1) is 28.1. The Balaban J connectivity index is 2.49. The van der Waals surface area contributed by atoms with E-state index in [1.54, 1.807) is 12.9 Å². The maximum absolute atomic E-state index is 14.7. The summed E-state index contributed by atoms with van der Waals surface area (Å²) >= 11 is 0. The number of benzene rings is 1. The monoisotopic (exact) mass is 490 g/mol. The summed E-state index contributed by atoms with van der Waals surface area (Å²) in [5.74, 6) is 2.90. The Kier molecular flexibility index (Phi) is 9.27. The Morgan fingerprint density at radius 1 is 1.26 bits per heavy atom. The maximum Gasteiger partial charge on any atom is 0.407 e. The van der Waals surface area contributed by atoms with Gasteiger partial charge in [0, 0.05) is 25.9 Å². The van der Waals surface area contributed by atoms with Gasteiger partial charge in [0.2, 0.25) is 5.76 Å². The van der Waals surface area contributed by atoms with Gasteiger partial charge >= 0.3 is 6.09 Å². The molecule has 5 atom stereocenters. The molecule has 0 radical (unpaired) electrons. The first-order chi connectivity index (χ1) is 16.5. The average molecular weight is 491 g/mol. The van der Waals surface area contributed by atoms with Gasteiger partial charge in [0.1, 0.15) is 17.8 Å². The van der Waals surface area contributed by atoms with Crippen LogP contribution in [0.2, 0.25) is 0 Å². The molecule has 0 spiro atoms. The second-order valence-electron chi connectivity index (χ2n) is 9.89. The molecular weight excluding hydrogens is 455 g/mol. The standard InChI is InChI=1S/C26H35FN2O6/c1-17(23(35-6)26(25(2,3)4)13-19(27)14-29(26)24(32)33)21(15-30)28-20(22(16-31)34-5)12-18-10-8-7-9-11-18/h7-11,17,19-20,23,28H,12-14H2,1-6H3,(H,32,33)/t17-,19+,20+,23-,26-/m1/s1. The van der Waals surface area contributed by atoms with Crippen LogP contribution in [0, 0.1) is 11.3 Å². The smallest absolute Gasteiger partial charge is 0.407 e. The number of amides is 1. The van der Waals surface area contributed by atoms with E-state index in [0.717, 1.165) is 10.5 Å². The third kappa shape index (κ3) is 5.76. The molecule has 0 saturated carbocycles. The lowest BCUT2D eigenvalue weighted by Gasteiger charge is -2.52. The fourth-order valence-electron chi connectivity index (χ4n) is 5.25. The van der Waals surface area contributed by atoms with Gasteiger partial charge in [-0.2, -0.15) is 0 Å². The van der Waals surface area contributed by atoms with E-state index in [1.165, 1.54) is 14.2 Å². The fraction of sp³-hybridized carbons (Fsp3) is 0.577. The van der Waals surface area contributed by atoms with E-state index in [9.17, 15) is 23.9 Å². The van der Waals surface area contributed by atoms with Crippen LogP contribution in [0.3, 0.4) is 0 Å². The summed E-state index contributed by atoms with van der Waals surface area (Å²) in [7, 11) is 2.75. The molecule has 1 heterocycles. The number of carboxylic acid groups (broad SMARTS) is 1. The van der Waals surface area contributed by atoms with Crippen LogP contribution in [0.5, 0.6) is 0 Å². The van der Waals surface area contributed by atoms with Crippen LogP contribution in [0.1, 0.15) is 39.7 Å². The molecule has 8 nitrogen and oxygen atoms in total. The fourth-order valence-corrected chi connectivity index (χ4v) is 5.25. The second-order valence-corrected chi connectivity index (χ2v) is 9.89. The highest BCUT2D eigenvalue weighted by molar-refractivity contribution is 5.67. The van der Waals surface area contributed by atoms with E-state index in [1.807, 2.05) is 57.0 Å². The number of nitrogens with zero attached hydrogens (tertiary/aromatic N) is 1. The molecule has 1 aromatic rings. The summed E-state index contributed by atoms with van der Waals surface area (Å²) in [6.07, 6.45) is -3.30. The van der Waals surface area contributed by atoms with Gasteiger partial charge in [0.05, 0.1) is 31.3 Å². The number of methoxy groups -OCH3 is 2. The molecule has 0 aromatic heterocycles. The predicted molar refractivity (Wildman–Crippen MR) is 129 cm³/mol. The first-order valence-corrected chi connectivity index (χ1v) is 11.5. The quantitative estimate of drug-likeness (QED) is 0.382. The lowest BCUT2D eigenvalue weighted by Crippen LogP contribution is -2.65. The van der Waals surface area contributed by atoms with Gasteiger partial charge in [-0.15, -0.1) is 0 Å². The van der Waals surface area contributed by atoms with Crippen molar-refractivity contribution in [1.82, 2.24) is 10.2 Å². The van der Waals surface area contributed by atoms with Gasteiger partial charge in [-0.3, -0.25) is 4.90 Å². The Morgan fingerprint density at radius 3 is 2.34 bits per heavy atom. The molecule has 35 heavy (non-hydrogen) atoms. The zero-order valence-electron chi connectivity index (χ0n) is 21.1. The number of carbonyl (C=O) groups excluding carboxylic acids is 2. The topological polar surface area (TPSA) is 105 Å². The molecule has 1 saturated heterocycles. The molecule has 0 aliphatic carbocycles. The van der Waals surface area contributed by atoms with Gasteiger partial charge in [0.15, 0.2) is 5.94 Å². The van der Waals surface area contributed by atoms with Crippen LogP contribution >= 0.6 is 0 Å². The van der Waals surface area contributed by atoms with Crippen molar-refractivity contribution in [2.75, 3.05) is 20.8 Å². The van der Waals surface area contributed by atoms with Crippen molar-refractivity contribution in [3.63, 3.8) is 0 Å².